The van der Waals surface area contributed by atoms with E-state index < -0.39 is 22.1 Å². The van der Waals surface area contributed by atoms with Gasteiger partial charge in [-0.2, -0.15) is 0 Å². The topological polar surface area (TPSA) is 95.6 Å². The number of anilines is 2. The quantitative estimate of drug-likeness (QED) is 0.585. The molecule has 0 atom stereocenters. The van der Waals surface area contributed by atoms with Crippen LogP contribution in [0.25, 0.3) is 6.08 Å². The van der Waals surface area contributed by atoms with Crippen LogP contribution in [0.1, 0.15) is 11.1 Å². The zero-order chi connectivity index (χ0) is 22.3. The predicted molar refractivity (Wildman–Crippen MR) is 122 cm³/mol. The second-order valence-corrected chi connectivity index (χ2v) is 8.29. The van der Waals surface area contributed by atoms with Gasteiger partial charge >= 0.3 is 12.1 Å². The van der Waals surface area contributed by atoms with Crippen LogP contribution < -0.4 is 10.6 Å². The smallest absolute Gasteiger partial charge is 0.307 e. The van der Waals surface area contributed by atoms with Gasteiger partial charge in [0.05, 0.1) is 5.41 Å². The average molecular weight is 436 g/mol. The number of nitrogens with zero attached hydrogens (tertiary/aromatic N) is 1. The van der Waals surface area contributed by atoms with Gasteiger partial charge in [0.2, 0.25) is 0 Å². The van der Waals surface area contributed by atoms with Crippen molar-refractivity contribution < 1.29 is 18.0 Å². The first-order valence-corrected chi connectivity index (χ1v) is 10.9. The number of carbonyl (C=O) groups excluding carboxylic acids is 2. The number of para-hydroxylation sites is 2. The maximum atomic E-state index is 13.0. The molecular weight excluding hydrogens is 414 g/mol. The fourth-order valence-corrected chi connectivity index (χ4v) is 3.72. The van der Waals surface area contributed by atoms with Gasteiger partial charge in [-0.15, -0.1) is 4.31 Å². The van der Waals surface area contributed by atoms with Crippen molar-refractivity contribution in [3.8, 4) is 0 Å². The van der Waals surface area contributed by atoms with E-state index in [-0.39, 0.29) is 4.31 Å². The van der Waals surface area contributed by atoms with E-state index in [0.29, 0.717) is 16.9 Å². The Morgan fingerprint density at radius 2 is 1.29 bits per heavy atom. The number of urea groups is 2. The van der Waals surface area contributed by atoms with Gasteiger partial charge in [0.25, 0.3) is 10.0 Å². The Hall–Kier alpha value is -3.91. The van der Waals surface area contributed by atoms with E-state index in [4.69, 9.17) is 0 Å². The number of benzene rings is 3. The highest BCUT2D eigenvalue weighted by Gasteiger charge is 2.32. The van der Waals surface area contributed by atoms with E-state index in [1.54, 1.807) is 78.9 Å². The molecule has 0 heterocycles. The molecule has 0 bridgehead atoms. The van der Waals surface area contributed by atoms with Crippen molar-refractivity contribution >= 4 is 39.5 Å². The first-order chi connectivity index (χ1) is 14.8. The van der Waals surface area contributed by atoms with E-state index in [1.807, 2.05) is 13.0 Å². The largest absolute Gasteiger partial charge is 0.344 e. The number of nitrogens with one attached hydrogen (secondary N) is 2. The minimum Gasteiger partial charge on any atom is -0.307 e. The molecule has 0 saturated heterocycles. The third-order valence-electron chi connectivity index (χ3n) is 4.15. The molecule has 0 unspecified atom stereocenters. The Morgan fingerprint density at radius 3 is 1.77 bits per heavy atom. The normalized spacial score (nSPS) is 11.1. The summed E-state index contributed by atoms with van der Waals surface area (Å²) in [5.74, 6) is 0. The molecule has 0 aliphatic carbocycles. The number of hydrogen-bond acceptors (Lipinski definition) is 4. The molecule has 0 radical (unpaired) electrons. The molecule has 4 amide bonds. The monoisotopic (exact) mass is 435 g/mol. The van der Waals surface area contributed by atoms with Crippen LogP contribution in [0.15, 0.2) is 90.3 Å². The number of carbonyl (C=O) groups is 2. The third kappa shape index (κ3) is 6.03. The molecule has 0 saturated carbocycles. The molecule has 31 heavy (non-hydrogen) atoms. The van der Waals surface area contributed by atoms with E-state index in [1.165, 1.54) is 6.08 Å². The fraction of sp³-hybridized carbons (Fsp3) is 0.0435. The van der Waals surface area contributed by atoms with Crippen molar-refractivity contribution in [3.05, 3.63) is 101 Å². The molecule has 0 fully saturated rings. The van der Waals surface area contributed by atoms with Crippen LogP contribution in [0.5, 0.6) is 0 Å². The van der Waals surface area contributed by atoms with Gasteiger partial charge in [-0.1, -0.05) is 66.2 Å². The van der Waals surface area contributed by atoms with Crippen LogP contribution in [0.2, 0.25) is 0 Å². The van der Waals surface area contributed by atoms with E-state index >= 15 is 0 Å². The summed E-state index contributed by atoms with van der Waals surface area (Å²) in [6, 6.07) is 21.5. The summed E-state index contributed by atoms with van der Waals surface area (Å²) in [4.78, 5) is 25.6. The summed E-state index contributed by atoms with van der Waals surface area (Å²) in [6.07, 6.45) is 1.33. The zero-order valence-corrected chi connectivity index (χ0v) is 17.5. The summed E-state index contributed by atoms with van der Waals surface area (Å²) in [5, 5.41) is 5.70. The van der Waals surface area contributed by atoms with Crippen molar-refractivity contribution in [2.45, 2.75) is 6.92 Å². The molecule has 0 aliphatic heterocycles. The number of hydrogen-bond donors (Lipinski definition) is 2. The lowest BCUT2D eigenvalue weighted by atomic mass is 10.1. The lowest BCUT2D eigenvalue weighted by Gasteiger charge is -2.20. The standard InChI is InChI=1S/C23H21N3O4S/c1-18-9-8-10-19(17-18)15-16-31(29,30)26(22(27)24-20-11-4-2-5-12-20)23(28)25-21-13-6-3-7-14-21/h2-17H,1H3,(H,24,27)(H,25,28)/b16-15+. The predicted octanol–water partition coefficient (Wildman–Crippen LogP) is 5.06. The van der Waals surface area contributed by atoms with Gasteiger partial charge in [0, 0.05) is 11.4 Å². The SMILES string of the molecule is Cc1cccc(/C=C/S(=O)(=O)N(C(=O)Nc2ccccc2)C(=O)Nc2ccccc2)c1. The second kappa shape index (κ2) is 9.73. The Morgan fingerprint density at radius 1 is 0.774 bits per heavy atom. The van der Waals surface area contributed by atoms with E-state index in [2.05, 4.69) is 10.6 Å². The Labute approximate surface area is 181 Å². The third-order valence-corrected chi connectivity index (χ3v) is 5.47. The average Bonchev–Trinajstić information content (AvgIpc) is 2.74. The lowest BCUT2D eigenvalue weighted by molar-refractivity contribution is 0.223. The van der Waals surface area contributed by atoms with Gasteiger partial charge in [-0.25, -0.2) is 18.0 Å². The minimum atomic E-state index is -4.44. The van der Waals surface area contributed by atoms with E-state index in [9.17, 15) is 18.0 Å². The highest BCUT2D eigenvalue weighted by atomic mass is 32.2. The Bertz CT molecular complexity index is 1140. The molecule has 8 heteroatoms. The zero-order valence-electron chi connectivity index (χ0n) is 16.7. The molecule has 0 aliphatic rings. The highest BCUT2D eigenvalue weighted by molar-refractivity contribution is 7.93. The second-order valence-electron chi connectivity index (χ2n) is 6.62. The fourth-order valence-electron chi connectivity index (χ4n) is 2.71. The first-order valence-electron chi connectivity index (χ1n) is 9.37. The van der Waals surface area contributed by atoms with Crippen LogP contribution in [-0.4, -0.2) is 24.8 Å². The van der Waals surface area contributed by atoms with Crippen LogP contribution in [0.4, 0.5) is 21.0 Å². The lowest BCUT2D eigenvalue weighted by Crippen LogP contribution is -2.45. The maximum absolute atomic E-state index is 13.0. The summed E-state index contributed by atoms with van der Waals surface area (Å²) < 4.78 is 26.1. The van der Waals surface area contributed by atoms with E-state index in [0.717, 1.165) is 11.0 Å². The van der Waals surface area contributed by atoms with Crippen molar-refractivity contribution in [2.24, 2.45) is 0 Å². The molecule has 3 aromatic rings. The maximum Gasteiger partial charge on any atom is 0.344 e. The highest BCUT2D eigenvalue weighted by Crippen LogP contribution is 2.16. The molecule has 3 rings (SSSR count). The molecule has 3 aromatic carbocycles. The summed E-state index contributed by atoms with van der Waals surface area (Å²) in [6.45, 7) is 1.87. The summed E-state index contributed by atoms with van der Waals surface area (Å²) in [5.41, 5.74) is 2.27. The molecule has 7 nitrogen and oxygen atoms in total. The number of imide groups is 1. The molecular formula is C23H21N3O4S. The number of rotatable bonds is 5. The van der Waals surface area contributed by atoms with Crippen LogP contribution in [0, 0.1) is 6.92 Å². The van der Waals surface area contributed by atoms with Crippen LogP contribution in [-0.2, 0) is 10.0 Å². The van der Waals surface area contributed by atoms with Crippen molar-refractivity contribution in [1.29, 1.82) is 0 Å². The Balaban J connectivity index is 1.91. The summed E-state index contributed by atoms with van der Waals surface area (Å²) in [7, 11) is -4.44. The Kier molecular flexibility index (Phi) is 6.84. The minimum absolute atomic E-state index is 0.166. The van der Waals surface area contributed by atoms with Gasteiger partial charge in [0.15, 0.2) is 0 Å². The van der Waals surface area contributed by atoms with Crippen molar-refractivity contribution in [2.75, 3.05) is 10.6 Å². The van der Waals surface area contributed by atoms with Crippen LogP contribution >= 0.6 is 0 Å². The number of aryl methyl sites for hydroxylation is 1. The number of amides is 4. The summed E-state index contributed by atoms with van der Waals surface area (Å²) >= 11 is 0. The molecule has 0 spiro atoms. The van der Waals surface area contributed by atoms with Crippen LogP contribution in [0.3, 0.4) is 0 Å². The molecule has 158 valence electrons. The molecule has 0 aromatic heterocycles. The number of sulfonamides is 1. The van der Waals surface area contributed by atoms with Gasteiger partial charge in [-0.05, 0) is 42.8 Å². The molecule has 2 N–H and O–H groups in total. The van der Waals surface area contributed by atoms with Crippen molar-refractivity contribution in [1.82, 2.24) is 4.31 Å². The van der Waals surface area contributed by atoms with Crippen molar-refractivity contribution in [3.63, 3.8) is 0 Å². The van der Waals surface area contributed by atoms with Gasteiger partial charge in [0.1, 0.15) is 0 Å². The van der Waals surface area contributed by atoms with Gasteiger partial charge in [-0.3, -0.25) is 0 Å². The first kappa shape index (κ1) is 21.8. The van der Waals surface area contributed by atoms with Gasteiger partial charge < -0.3 is 10.6 Å².